The molecule has 2 aromatic carbocycles. The molecule has 2 aromatic rings. The van der Waals surface area contributed by atoms with Crippen LogP contribution in [0.15, 0.2) is 60.7 Å². The van der Waals surface area contributed by atoms with Crippen LogP contribution >= 0.6 is 0 Å². The minimum atomic E-state index is -0.454. The number of carbonyl (C=O) groups excluding carboxylic acids is 1. The predicted molar refractivity (Wildman–Crippen MR) is 83.1 cm³/mol. The Morgan fingerprint density at radius 1 is 1.14 bits per heavy atom. The summed E-state index contributed by atoms with van der Waals surface area (Å²) in [6.07, 6.45) is -0.628. The molecule has 0 aromatic heterocycles. The van der Waals surface area contributed by atoms with E-state index >= 15 is 0 Å². The lowest BCUT2D eigenvalue weighted by Gasteiger charge is -2.26. The molecule has 1 N–H and O–H groups in total. The number of aliphatic hydroxyl groups is 1. The van der Waals surface area contributed by atoms with Crippen molar-refractivity contribution in [1.29, 1.82) is 0 Å². The van der Waals surface area contributed by atoms with Gasteiger partial charge in [0.2, 0.25) is 0 Å². The van der Waals surface area contributed by atoms with Crippen molar-refractivity contribution in [3.63, 3.8) is 0 Å². The van der Waals surface area contributed by atoms with Gasteiger partial charge in [0, 0.05) is 7.05 Å². The fourth-order valence-corrected chi connectivity index (χ4v) is 2.68. The summed E-state index contributed by atoms with van der Waals surface area (Å²) in [7, 11) is 1.71. The van der Waals surface area contributed by atoms with Gasteiger partial charge in [-0.15, -0.1) is 0 Å². The molecule has 3 rings (SSSR count). The zero-order chi connectivity index (χ0) is 15.5. The molecule has 4 heteroatoms. The van der Waals surface area contributed by atoms with E-state index in [1.54, 1.807) is 11.9 Å². The summed E-state index contributed by atoms with van der Waals surface area (Å²) in [5.74, 6) is -0.100. The second-order valence-corrected chi connectivity index (χ2v) is 5.45. The third-order valence-corrected chi connectivity index (χ3v) is 4.04. The molecule has 1 aliphatic heterocycles. The van der Waals surface area contributed by atoms with Crippen LogP contribution < -0.4 is 0 Å². The van der Waals surface area contributed by atoms with E-state index in [4.69, 9.17) is 4.74 Å². The fourth-order valence-electron chi connectivity index (χ4n) is 2.68. The maximum Gasteiger partial charge on any atom is 0.255 e. The Kier molecular flexibility index (Phi) is 4.22. The number of likely N-dealkylation sites (N-methyl/N-ethyl adjacent to an activating group) is 1. The van der Waals surface area contributed by atoms with Gasteiger partial charge < -0.3 is 14.7 Å². The second-order valence-electron chi connectivity index (χ2n) is 5.45. The molecular formula is C18H19NO3. The lowest BCUT2D eigenvalue weighted by molar-refractivity contribution is -0.134. The molecule has 1 fully saturated rings. The van der Waals surface area contributed by atoms with Crippen molar-refractivity contribution in [1.82, 2.24) is 4.90 Å². The number of epoxide rings is 1. The van der Waals surface area contributed by atoms with Gasteiger partial charge in [0.1, 0.15) is 6.10 Å². The van der Waals surface area contributed by atoms with E-state index < -0.39 is 6.10 Å². The summed E-state index contributed by atoms with van der Waals surface area (Å²) in [5, 5.41) is 9.65. The molecular weight excluding hydrogens is 278 g/mol. The van der Waals surface area contributed by atoms with Crippen LogP contribution in [0, 0.1) is 0 Å². The highest BCUT2D eigenvalue weighted by atomic mass is 16.6. The maximum absolute atomic E-state index is 12.6. The zero-order valence-corrected chi connectivity index (χ0v) is 12.4. The number of aliphatic hydroxyl groups excluding tert-OH is 1. The van der Waals surface area contributed by atoms with Crippen molar-refractivity contribution in [3.8, 4) is 0 Å². The highest BCUT2D eigenvalue weighted by molar-refractivity contribution is 5.84. The summed E-state index contributed by atoms with van der Waals surface area (Å²) in [6.45, 7) is -0.116. The molecule has 1 heterocycles. The van der Waals surface area contributed by atoms with E-state index in [1.165, 1.54) is 0 Å². The Bertz CT molecular complexity index is 629. The molecule has 0 spiro atoms. The van der Waals surface area contributed by atoms with Crippen LogP contribution in [-0.4, -0.2) is 35.7 Å². The Morgan fingerprint density at radius 3 is 2.32 bits per heavy atom. The van der Waals surface area contributed by atoms with Gasteiger partial charge in [0.15, 0.2) is 6.10 Å². The Balaban J connectivity index is 1.70. The summed E-state index contributed by atoms with van der Waals surface area (Å²) in [6, 6.07) is 18.9. The smallest absolute Gasteiger partial charge is 0.255 e. The number of hydrogen-bond acceptors (Lipinski definition) is 3. The SMILES string of the molecule is CN(C(=O)[C@@H]1O[C@H]1c1ccccc1)[C@@H](CO)c1ccccc1. The minimum Gasteiger partial charge on any atom is -0.394 e. The molecule has 0 radical (unpaired) electrons. The number of ether oxygens (including phenoxy) is 1. The molecule has 114 valence electrons. The molecule has 1 saturated heterocycles. The highest BCUT2D eigenvalue weighted by Gasteiger charge is 2.48. The van der Waals surface area contributed by atoms with Gasteiger partial charge in [0.05, 0.1) is 12.6 Å². The van der Waals surface area contributed by atoms with E-state index in [0.29, 0.717) is 0 Å². The van der Waals surface area contributed by atoms with Gasteiger partial charge in [-0.1, -0.05) is 60.7 Å². The van der Waals surface area contributed by atoms with Crippen LogP contribution in [0.5, 0.6) is 0 Å². The average Bonchev–Trinajstić information content (AvgIpc) is 3.37. The van der Waals surface area contributed by atoms with Crippen molar-refractivity contribution in [2.45, 2.75) is 18.2 Å². The first-order valence-corrected chi connectivity index (χ1v) is 7.35. The van der Waals surface area contributed by atoms with E-state index in [1.807, 2.05) is 60.7 Å². The Hall–Kier alpha value is -2.17. The number of amides is 1. The first-order chi connectivity index (χ1) is 10.7. The Labute approximate surface area is 130 Å². The lowest BCUT2D eigenvalue weighted by atomic mass is 10.0. The van der Waals surface area contributed by atoms with E-state index in [0.717, 1.165) is 11.1 Å². The quantitative estimate of drug-likeness (QED) is 0.862. The van der Waals surface area contributed by atoms with Crippen LogP contribution in [0.3, 0.4) is 0 Å². The molecule has 0 saturated carbocycles. The number of benzene rings is 2. The molecule has 0 unspecified atom stereocenters. The third-order valence-electron chi connectivity index (χ3n) is 4.04. The normalized spacial score (nSPS) is 21.2. The second kappa shape index (κ2) is 6.30. The number of carbonyl (C=O) groups is 1. The topological polar surface area (TPSA) is 53.1 Å². The summed E-state index contributed by atoms with van der Waals surface area (Å²) >= 11 is 0. The van der Waals surface area contributed by atoms with Crippen LogP contribution in [0.4, 0.5) is 0 Å². The van der Waals surface area contributed by atoms with Gasteiger partial charge >= 0.3 is 0 Å². The number of hydrogen-bond donors (Lipinski definition) is 1. The van der Waals surface area contributed by atoms with E-state index in [2.05, 4.69) is 0 Å². The van der Waals surface area contributed by atoms with Crippen LogP contribution in [0.25, 0.3) is 0 Å². The summed E-state index contributed by atoms with van der Waals surface area (Å²) in [5.41, 5.74) is 1.92. The zero-order valence-electron chi connectivity index (χ0n) is 12.4. The van der Waals surface area contributed by atoms with Crippen LogP contribution in [0.2, 0.25) is 0 Å². The summed E-state index contributed by atoms with van der Waals surface area (Å²) in [4.78, 5) is 14.1. The maximum atomic E-state index is 12.6. The van der Waals surface area contributed by atoms with Gasteiger partial charge in [-0.2, -0.15) is 0 Å². The van der Waals surface area contributed by atoms with Crippen LogP contribution in [-0.2, 0) is 9.53 Å². The molecule has 22 heavy (non-hydrogen) atoms. The first-order valence-electron chi connectivity index (χ1n) is 7.35. The monoisotopic (exact) mass is 297 g/mol. The fraction of sp³-hybridized carbons (Fsp3) is 0.278. The average molecular weight is 297 g/mol. The van der Waals surface area contributed by atoms with E-state index in [9.17, 15) is 9.90 Å². The van der Waals surface area contributed by atoms with Crippen molar-refractivity contribution in [3.05, 3.63) is 71.8 Å². The highest BCUT2D eigenvalue weighted by Crippen LogP contribution is 2.40. The number of nitrogens with zero attached hydrogens (tertiary/aromatic N) is 1. The summed E-state index contributed by atoms with van der Waals surface area (Å²) < 4.78 is 5.54. The largest absolute Gasteiger partial charge is 0.394 e. The van der Waals surface area contributed by atoms with Crippen molar-refractivity contribution >= 4 is 5.91 Å². The van der Waals surface area contributed by atoms with Crippen LogP contribution in [0.1, 0.15) is 23.3 Å². The van der Waals surface area contributed by atoms with Gasteiger partial charge in [-0.25, -0.2) is 0 Å². The Morgan fingerprint density at radius 2 is 1.73 bits per heavy atom. The van der Waals surface area contributed by atoms with E-state index in [-0.39, 0.29) is 24.7 Å². The van der Waals surface area contributed by atoms with Crippen molar-refractivity contribution < 1.29 is 14.6 Å². The lowest BCUT2D eigenvalue weighted by Crippen LogP contribution is -2.36. The number of rotatable bonds is 5. The third kappa shape index (κ3) is 2.89. The van der Waals surface area contributed by atoms with Gasteiger partial charge in [0.25, 0.3) is 5.91 Å². The molecule has 1 aliphatic rings. The predicted octanol–water partition coefficient (Wildman–Crippen LogP) is 2.32. The van der Waals surface area contributed by atoms with Crippen molar-refractivity contribution in [2.75, 3.05) is 13.7 Å². The molecule has 4 nitrogen and oxygen atoms in total. The first kappa shape index (κ1) is 14.8. The molecule has 3 atom stereocenters. The molecule has 0 bridgehead atoms. The molecule has 0 aliphatic carbocycles. The minimum absolute atomic E-state index is 0.100. The standard InChI is InChI=1S/C18H19NO3/c1-19(15(12-20)13-8-4-2-5-9-13)18(21)17-16(22-17)14-10-6-3-7-11-14/h2-11,15-17,20H,12H2,1H3/t15-,16-,17+/m0/s1. The van der Waals surface area contributed by atoms with Gasteiger partial charge in [-0.3, -0.25) is 4.79 Å². The molecule has 1 amide bonds. The van der Waals surface area contributed by atoms with Gasteiger partial charge in [-0.05, 0) is 11.1 Å². The van der Waals surface area contributed by atoms with Crippen molar-refractivity contribution in [2.24, 2.45) is 0 Å².